The smallest absolute Gasteiger partial charge is 0.407 e. The van der Waals surface area contributed by atoms with Gasteiger partial charge in [-0.05, 0) is 64.7 Å². The van der Waals surface area contributed by atoms with Crippen LogP contribution in [0, 0.1) is 11.3 Å². The maximum Gasteiger partial charge on any atom is 0.407 e. The van der Waals surface area contributed by atoms with Gasteiger partial charge in [0.15, 0.2) is 0 Å². The van der Waals surface area contributed by atoms with E-state index in [9.17, 15) is 4.79 Å². The molecular weight excluding hydrogens is 264 g/mol. The van der Waals surface area contributed by atoms with Crippen LogP contribution in [0.2, 0.25) is 0 Å². The van der Waals surface area contributed by atoms with Gasteiger partial charge >= 0.3 is 6.09 Å². The highest BCUT2D eigenvalue weighted by Gasteiger charge is 2.43. The lowest BCUT2D eigenvalue weighted by molar-refractivity contribution is 0.0501. The van der Waals surface area contributed by atoms with Gasteiger partial charge in [-0.15, -0.1) is 0 Å². The van der Waals surface area contributed by atoms with Crippen molar-refractivity contribution in [2.45, 2.75) is 77.9 Å². The average molecular weight is 296 g/mol. The van der Waals surface area contributed by atoms with Crippen LogP contribution < -0.4 is 10.6 Å². The molecule has 2 rings (SSSR count). The summed E-state index contributed by atoms with van der Waals surface area (Å²) >= 11 is 0. The molecule has 2 aliphatic rings. The summed E-state index contributed by atoms with van der Waals surface area (Å²) in [5.41, 5.74) is 0.0183. The van der Waals surface area contributed by atoms with Gasteiger partial charge in [-0.25, -0.2) is 4.79 Å². The van der Waals surface area contributed by atoms with E-state index in [0.29, 0.717) is 17.9 Å². The molecular formula is C17H32N2O2. The number of hydrogen-bond donors (Lipinski definition) is 2. The summed E-state index contributed by atoms with van der Waals surface area (Å²) in [4.78, 5) is 11.9. The van der Waals surface area contributed by atoms with Crippen molar-refractivity contribution in [3.63, 3.8) is 0 Å². The highest BCUT2D eigenvalue weighted by Crippen LogP contribution is 2.43. The number of amides is 1. The quantitative estimate of drug-likeness (QED) is 0.789. The Bertz CT molecular complexity index is 381. The molecule has 122 valence electrons. The van der Waals surface area contributed by atoms with E-state index in [2.05, 4.69) is 24.5 Å². The third kappa shape index (κ3) is 4.87. The fourth-order valence-electron chi connectivity index (χ4n) is 3.01. The van der Waals surface area contributed by atoms with Crippen molar-refractivity contribution >= 4 is 6.09 Å². The molecule has 4 nitrogen and oxygen atoms in total. The van der Waals surface area contributed by atoms with Gasteiger partial charge in [0.1, 0.15) is 5.60 Å². The number of alkyl carbamates (subject to hydrolysis) is 1. The molecule has 0 heterocycles. The number of carbonyl (C=O) groups excluding carboxylic acids is 1. The summed E-state index contributed by atoms with van der Waals surface area (Å²) in [7, 11) is 0. The third-order valence-electron chi connectivity index (χ3n) is 4.96. The minimum atomic E-state index is -0.438. The molecule has 21 heavy (non-hydrogen) atoms. The Morgan fingerprint density at radius 2 is 1.86 bits per heavy atom. The largest absolute Gasteiger partial charge is 0.444 e. The maximum absolute atomic E-state index is 11.9. The van der Waals surface area contributed by atoms with Crippen molar-refractivity contribution in [2.75, 3.05) is 13.1 Å². The molecule has 0 aromatic carbocycles. The summed E-state index contributed by atoms with van der Waals surface area (Å²) in [6, 6.07) is 0. The number of rotatable bonds is 6. The number of carbonyl (C=O) groups is 1. The zero-order chi connectivity index (χ0) is 15.7. The first-order valence-electron chi connectivity index (χ1n) is 8.34. The number of hydrogen-bond acceptors (Lipinski definition) is 3. The van der Waals surface area contributed by atoms with Gasteiger partial charge in [0.2, 0.25) is 0 Å². The summed E-state index contributed by atoms with van der Waals surface area (Å²) in [6.45, 7) is 12.0. The zero-order valence-corrected chi connectivity index (χ0v) is 14.3. The molecule has 1 atom stereocenters. The minimum absolute atomic E-state index is 0.00446. The minimum Gasteiger partial charge on any atom is -0.444 e. The number of ether oxygens (including phenoxy) is 1. The SMILES string of the molecule is CC1(CN[C@@](C)(CNC(=O)OC(C)(C)C)C2CC2)CCC1. The van der Waals surface area contributed by atoms with E-state index in [4.69, 9.17) is 4.74 Å². The zero-order valence-electron chi connectivity index (χ0n) is 14.3. The molecule has 1 amide bonds. The van der Waals surface area contributed by atoms with E-state index in [0.717, 1.165) is 6.54 Å². The van der Waals surface area contributed by atoms with Gasteiger partial charge in [-0.3, -0.25) is 0 Å². The van der Waals surface area contributed by atoms with Crippen LogP contribution in [0.1, 0.15) is 66.7 Å². The molecule has 0 spiro atoms. The van der Waals surface area contributed by atoms with Gasteiger partial charge < -0.3 is 15.4 Å². The highest BCUT2D eigenvalue weighted by atomic mass is 16.6. The molecule has 2 N–H and O–H groups in total. The van der Waals surface area contributed by atoms with Gasteiger partial charge in [-0.1, -0.05) is 13.3 Å². The average Bonchev–Trinajstić information content (AvgIpc) is 3.14. The monoisotopic (exact) mass is 296 g/mol. The molecule has 2 aliphatic carbocycles. The predicted molar refractivity (Wildman–Crippen MR) is 85.3 cm³/mol. The van der Waals surface area contributed by atoms with Crippen LogP contribution in [0.5, 0.6) is 0 Å². The van der Waals surface area contributed by atoms with Crippen LogP contribution in [-0.2, 0) is 4.74 Å². The lowest BCUT2D eigenvalue weighted by Crippen LogP contribution is -2.56. The topological polar surface area (TPSA) is 50.4 Å². The molecule has 0 aromatic heterocycles. The molecule has 2 saturated carbocycles. The second kappa shape index (κ2) is 5.79. The standard InChI is InChI=1S/C17H32N2O2/c1-15(2,3)21-14(20)18-12-17(5,13-7-8-13)19-11-16(4)9-6-10-16/h13,19H,6-12H2,1-5H3,(H,18,20)/t17-/m0/s1. The predicted octanol–water partition coefficient (Wildman–Crippen LogP) is 3.46. The fraction of sp³-hybridized carbons (Fsp3) is 0.941. The summed E-state index contributed by atoms with van der Waals surface area (Å²) in [6.07, 6.45) is 6.20. The molecule has 4 heteroatoms. The van der Waals surface area contributed by atoms with Crippen LogP contribution in [-0.4, -0.2) is 30.3 Å². The Kier molecular flexibility index (Phi) is 4.57. The first-order chi connectivity index (χ1) is 9.62. The second-order valence-electron chi connectivity index (χ2n) is 8.56. The summed E-state index contributed by atoms with van der Waals surface area (Å²) < 4.78 is 5.33. The molecule has 0 bridgehead atoms. The number of nitrogens with one attached hydrogen (secondary N) is 2. The molecule has 0 radical (unpaired) electrons. The first kappa shape index (κ1) is 16.6. The molecule has 0 aliphatic heterocycles. The summed E-state index contributed by atoms with van der Waals surface area (Å²) in [5.74, 6) is 0.677. The summed E-state index contributed by atoms with van der Waals surface area (Å²) in [5, 5.41) is 6.70. The molecule has 0 aromatic rings. The molecule has 0 unspecified atom stereocenters. The van der Waals surface area contributed by atoms with E-state index in [1.165, 1.54) is 32.1 Å². The van der Waals surface area contributed by atoms with E-state index in [-0.39, 0.29) is 11.6 Å². The van der Waals surface area contributed by atoms with Crippen molar-refractivity contribution in [3.05, 3.63) is 0 Å². The third-order valence-corrected chi connectivity index (χ3v) is 4.96. The lowest BCUT2D eigenvalue weighted by Gasteiger charge is -2.42. The van der Waals surface area contributed by atoms with Gasteiger partial charge in [-0.2, -0.15) is 0 Å². The van der Waals surface area contributed by atoms with Gasteiger partial charge in [0, 0.05) is 18.6 Å². The van der Waals surface area contributed by atoms with E-state index >= 15 is 0 Å². The fourth-order valence-corrected chi connectivity index (χ4v) is 3.01. The van der Waals surface area contributed by atoms with Crippen molar-refractivity contribution < 1.29 is 9.53 Å². The van der Waals surface area contributed by atoms with E-state index in [1.807, 2.05) is 20.8 Å². The van der Waals surface area contributed by atoms with Crippen molar-refractivity contribution in [1.29, 1.82) is 0 Å². The van der Waals surface area contributed by atoms with Gasteiger partial charge in [0.25, 0.3) is 0 Å². The maximum atomic E-state index is 11.9. The second-order valence-corrected chi connectivity index (χ2v) is 8.56. The Morgan fingerprint density at radius 1 is 1.24 bits per heavy atom. The molecule has 0 saturated heterocycles. The molecule has 2 fully saturated rings. The highest BCUT2D eigenvalue weighted by molar-refractivity contribution is 5.67. The Balaban J connectivity index is 1.82. The van der Waals surface area contributed by atoms with Crippen LogP contribution in [0.25, 0.3) is 0 Å². The Labute approximate surface area is 129 Å². The normalized spacial score (nSPS) is 23.9. The van der Waals surface area contributed by atoms with Crippen LogP contribution in [0.3, 0.4) is 0 Å². The van der Waals surface area contributed by atoms with Crippen LogP contribution in [0.15, 0.2) is 0 Å². The van der Waals surface area contributed by atoms with Crippen molar-refractivity contribution in [2.24, 2.45) is 11.3 Å². The Morgan fingerprint density at radius 3 is 2.29 bits per heavy atom. The van der Waals surface area contributed by atoms with Crippen LogP contribution in [0.4, 0.5) is 4.79 Å². The van der Waals surface area contributed by atoms with E-state index in [1.54, 1.807) is 0 Å². The van der Waals surface area contributed by atoms with E-state index < -0.39 is 5.60 Å². The Hall–Kier alpha value is -0.770. The van der Waals surface area contributed by atoms with Gasteiger partial charge in [0.05, 0.1) is 0 Å². The van der Waals surface area contributed by atoms with Crippen molar-refractivity contribution in [3.8, 4) is 0 Å². The lowest BCUT2D eigenvalue weighted by atomic mass is 9.70. The van der Waals surface area contributed by atoms with Crippen molar-refractivity contribution in [1.82, 2.24) is 10.6 Å². The first-order valence-corrected chi connectivity index (χ1v) is 8.34. The van der Waals surface area contributed by atoms with Crippen LogP contribution >= 0.6 is 0 Å².